The van der Waals surface area contributed by atoms with Gasteiger partial charge in [-0.3, -0.25) is 80.5 Å². The van der Waals surface area contributed by atoms with E-state index in [-0.39, 0.29) is 176 Å². The molecule has 2 aliphatic heterocycles. The van der Waals surface area contributed by atoms with E-state index in [4.69, 9.17) is 16.3 Å². The molecule has 0 unspecified atom stereocenters. The molecular weight excluding hydrogens is 2020 g/mol. The van der Waals surface area contributed by atoms with Crippen molar-refractivity contribution in [3.63, 3.8) is 0 Å². The molecule has 13 aromatic rings. The standard InChI is InChI=1S/C20H21N3O4.C19H23N3O4.C19H14N2O5.C17H18ClN3O4.C15H15N3O4.C13H11NO2.Co.Fe.Ni/c24-18-7-6-15(23(26)27)11-17(18)21-12-14-10-13-4-1-2-8-22-9-3-5-16(19(13)22)20(14)25;1-3-9-21(10-4-2)15-6-5-14(19(24)12-15)13-20-17-11-16(22(25)26)7-8-18(17)23;22-18-9-7-16(26-15-4-2-1-3-5-15)10-13(18)12-20-17-8-6-14(21(24)25)11-19(17)23;1-3-20(4-2)12-6-5-11(16(22)7-12)10-19-14-8-13(18)15(21(24)25)9-17(14)23;1-17(2)11-4-3-10(15(20)8-11)9-16-13-7-12(18(21)22)5-6-14(13)19;15-12-7-3-1-5-10(12)9-14-11-6-2-4-8-13(11)16;;;/h6-7,10-12,24-25H,1-5,8-9H2;5-8,11-13,23-24H,3-4,9-10H2,1-2H3;1-12,22-23H;5-10,22-23H,3-4H2,1-2H3;3-9,19-20H,1-2H3;1-9,15-16H;;;. The SMILES string of the molecule is CCCN(CCC)c1ccc(C=Nc2cc([N+](=O)[O-])ccc2O)c(O)c1.CCN(CC)c1ccc(C=Nc2cc(Cl)c([N+](=O)[O-])cc2O)c(O)c1.CN(C)c1ccc(C=Nc2cc([N+](=O)[O-])ccc2O)c(O)c1.O=[N+]([O-])c1ccc(N=Cc2cc(Oc3ccccc3)ccc2O)c(O)c1.O=[N+]([O-])c1ccc(O)c(N=Cc2cc3c4c(c2O)CCCN4CCCC3)c1.Oc1ccccc1C=Nc1ccccc1O.[Co].[Fe].[Ni]. The topological polar surface area (TPSA) is 555 Å². The first-order valence-electron chi connectivity index (χ1n) is 44.3. The van der Waals surface area contributed by atoms with Gasteiger partial charge >= 0.3 is 0 Å². The Morgan fingerprint density at radius 2 is 0.752 bits per heavy atom. The molecule has 2 aliphatic rings. The Bertz CT molecular complexity index is 6850. The summed E-state index contributed by atoms with van der Waals surface area (Å²) in [6.07, 6.45) is 15.5. The Hall–Kier alpha value is -16.7. The third-order valence-electron chi connectivity index (χ3n) is 21.6. The first kappa shape index (κ1) is 115. The zero-order valence-electron chi connectivity index (χ0n) is 78.7. The number of rotatable bonds is 28. The second-order valence-electron chi connectivity index (χ2n) is 31.6. The molecule has 0 bridgehead atoms. The minimum absolute atomic E-state index is 0. The van der Waals surface area contributed by atoms with Gasteiger partial charge in [0.25, 0.3) is 28.4 Å². The van der Waals surface area contributed by atoms with E-state index < -0.39 is 30.3 Å². The van der Waals surface area contributed by atoms with Gasteiger partial charge in [-0.1, -0.05) is 67.9 Å². The summed E-state index contributed by atoms with van der Waals surface area (Å²) >= 11 is 5.82. The van der Waals surface area contributed by atoms with Gasteiger partial charge in [-0.25, -0.2) is 0 Å². The van der Waals surface area contributed by atoms with Crippen molar-refractivity contribution in [2.75, 3.05) is 73.0 Å². The number of phenolic OH excluding ortho intramolecular Hbond substituents is 12. The van der Waals surface area contributed by atoms with Crippen LogP contribution in [0.2, 0.25) is 5.02 Å². The van der Waals surface area contributed by atoms with Crippen molar-refractivity contribution in [3.05, 3.63) is 343 Å². The molecule has 145 heavy (non-hydrogen) atoms. The summed E-state index contributed by atoms with van der Waals surface area (Å²) < 4.78 is 5.69. The Morgan fingerprint density at radius 1 is 0.359 bits per heavy atom. The molecule has 12 N–H and O–H groups in total. The van der Waals surface area contributed by atoms with E-state index in [1.165, 1.54) is 121 Å². The third kappa shape index (κ3) is 32.9. The predicted octanol–water partition coefficient (Wildman–Crippen LogP) is 22.7. The Balaban J connectivity index is 0.000000236. The smallest absolute Gasteiger partial charge is 0.291 e. The maximum Gasteiger partial charge on any atom is 0.291 e. The first-order chi connectivity index (χ1) is 68.0. The fourth-order valence-corrected chi connectivity index (χ4v) is 14.5. The van der Waals surface area contributed by atoms with E-state index in [0.29, 0.717) is 50.6 Å². The van der Waals surface area contributed by atoms with E-state index in [0.717, 1.165) is 125 Å². The number of ether oxygens (including phenoxy) is 1. The molecule has 0 amide bonds. The van der Waals surface area contributed by atoms with Crippen LogP contribution in [0.15, 0.2) is 273 Å². The first-order valence-corrected chi connectivity index (χ1v) is 44.6. The molecular formula is C103H102ClCoFeN15NiO23. The van der Waals surface area contributed by atoms with Crippen molar-refractivity contribution < 1.29 is 141 Å². The van der Waals surface area contributed by atoms with Crippen LogP contribution < -0.4 is 24.3 Å². The average molecular weight is 2130 g/mol. The van der Waals surface area contributed by atoms with E-state index in [1.54, 1.807) is 109 Å². The van der Waals surface area contributed by atoms with E-state index >= 15 is 0 Å². The zero-order chi connectivity index (χ0) is 103. The number of benzene rings is 13. The number of hydrogen-bond acceptors (Lipinski definition) is 33. The van der Waals surface area contributed by atoms with Gasteiger partial charge in [0.15, 0.2) is 0 Å². The summed E-state index contributed by atoms with van der Waals surface area (Å²) in [4.78, 5) is 84.0. The van der Waals surface area contributed by atoms with Gasteiger partial charge in [0, 0.05) is 263 Å². The maximum atomic E-state index is 10.9. The van der Waals surface area contributed by atoms with Crippen LogP contribution in [0.5, 0.6) is 80.5 Å². The van der Waals surface area contributed by atoms with Crippen LogP contribution in [0.4, 0.5) is 85.3 Å². The summed E-state index contributed by atoms with van der Waals surface area (Å²) in [5.41, 5.74) is 8.75. The number of para-hydroxylation sites is 4. The minimum Gasteiger partial charge on any atom is -0.507 e. The molecule has 0 aliphatic carbocycles. The second-order valence-corrected chi connectivity index (χ2v) is 32.0. The Kier molecular flexibility index (Phi) is 44.6. The molecule has 42 heteroatoms. The number of anilines is 4. The normalized spacial score (nSPS) is 11.6. The molecule has 0 aromatic heterocycles. The van der Waals surface area contributed by atoms with Gasteiger partial charge in [0.05, 0.1) is 36.7 Å². The van der Waals surface area contributed by atoms with E-state index in [9.17, 15) is 112 Å². The second kappa shape index (κ2) is 56.1. The number of non-ortho nitro benzene ring substituents is 4. The van der Waals surface area contributed by atoms with Crippen LogP contribution in [0, 0.1) is 50.6 Å². The molecule has 0 atom stereocenters. The molecule has 0 saturated carbocycles. The largest absolute Gasteiger partial charge is 0.507 e. The van der Waals surface area contributed by atoms with Crippen LogP contribution in [-0.4, -0.2) is 177 Å². The van der Waals surface area contributed by atoms with Crippen LogP contribution >= 0.6 is 11.6 Å². The predicted molar refractivity (Wildman–Crippen MR) is 550 cm³/mol. The molecule has 13 aromatic carbocycles. The van der Waals surface area contributed by atoms with Crippen LogP contribution in [0.3, 0.4) is 0 Å². The van der Waals surface area contributed by atoms with Crippen molar-refractivity contribution >= 4 is 134 Å². The monoisotopic (exact) mass is 2120 g/mol. The molecule has 38 nitrogen and oxygen atoms in total. The van der Waals surface area contributed by atoms with Crippen LogP contribution in [-0.2, 0) is 63.2 Å². The van der Waals surface area contributed by atoms with Gasteiger partial charge in [-0.2, -0.15) is 0 Å². The minimum atomic E-state index is -0.687. The number of nitro benzene ring substituents is 5. The van der Waals surface area contributed by atoms with Gasteiger partial charge < -0.3 is 85.6 Å². The van der Waals surface area contributed by atoms with E-state index in [1.807, 2.05) is 75.3 Å². The number of phenols is 12. The maximum absolute atomic E-state index is 10.9. The fraction of sp³-hybridized carbons (Fsp3) is 0.184. The van der Waals surface area contributed by atoms with Crippen molar-refractivity contribution in [2.45, 2.75) is 72.6 Å². The van der Waals surface area contributed by atoms with Crippen LogP contribution in [0.1, 0.15) is 104 Å². The molecule has 0 fully saturated rings. The molecule has 761 valence electrons. The Labute approximate surface area is 868 Å². The number of aryl methyl sites for hydroxylation is 1. The number of aliphatic imine (C=N–C) groups is 6. The summed E-state index contributed by atoms with van der Waals surface area (Å²) in [5.74, 6) is 0.593. The fourth-order valence-electron chi connectivity index (χ4n) is 14.3. The summed E-state index contributed by atoms with van der Waals surface area (Å²) in [6, 6.07) is 61.6. The Morgan fingerprint density at radius 3 is 1.22 bits per heavy atom. The number of halogens is 1. The quantitative estimate of drug-likeness (QED) is 0.00938. The molecule has 0 saturated heterocycles. The molecule has 2 heterocycles. The van der Waals surface area contributed by atoms with Crippen LogP contribution in [0.25, 0.3) is 0 Å². The average Bonchev–Trinajstić information content (AvgIpc) is 1.75. The summed E-state index contributed by atoms with van der Waals surface area (Å²) in [6.45, 7) is 13.8. The van der Waals surface area contributed by atoms with Gasteiger partial charge in [0.1, 0.15) is 120 Å². The van der Waals surface area contributed by atoms with Gasteiger partial charge in [-0.05, 0) is 192 Å². The van der Waals surface area contributed by atoms with Crippen molar-refractivity contribution in [3.8, 4) is 80.5 Å². The van der Waals surface area contributed by atoms with Gasteiger partial charge in [0.2, 0.25) is 0 Å². The van der Waals surface area contributed by atoms with E-state index in [2.05, 4.69) is 58.5 Å². The van der Waals surface area contributed by atoms with Crippen molar-refractivity contribution in [1.29, 1.82) is 0 Å². The molecule has 15 rings (SSSR count). The molecule has 0 spiro atoms. The number of nitrogens with zero attached hydrogens (tertiary/aromatic N) is 15. The number of aromatic hydroxyl groups is 12. The number of hydrogen-bond donors (Lipinski definition) is 12. The van der Waals surface area contributed by atoms with Crippen molar-refractivity contribution in [1.82, 2.24) is 0 Å². The third-order valence-corrected chi connectivity index (χ3v) is 21.9. The van der Waals surface area contributed by atoms with Gasteiger partial charge in [-0.15, -0.1) is 0 Å². The molecule has 1 radical (unpaired) electrons. The van der Waals surface area contributed by atoms with Crippen molar-refractivity contribution in [2.24, 2.45) is 30.0 Å². The summed E-state index contributed by atoms with van der Waals surface area (Å²) in [7, 11) is 3.70. The number of nitro groups is 5. The zero-order valence-corrected chi connectivity index (χ0v) is 82.6. The summed E-state index contributed by atoms with van der Waals surface area (Å²) in [5, 5.41) is 173.